The monoisotopic (exact) mass is 218 g/mol. The van der Waals surface area contributed by atoms with Gasteiger partial charge in [0.05, 0.1) is 5.56 Å². The van der Waals surface area contributed by atoms with Crippen LogP contribution in [0.4, 0.5) is 0 Å². The van der Waals surface area contributed by atoms with Gasteiger partial charge >= 0.3 is 0 Å². The fourth-order valence-electron chi connectivity index (χ4n) is 1.81. The van der Waals surface area contributed by atoms with Gasteiger partial charge < -0.3 is 9.88 Å². The topological polar surface area (TPSA) is 53.2 Å². The maximum atomic E-state index is 12.0. The molecule has 0 aromatic carbocycles. The van der Waals surface area contributed by atoms with Gasteiger partial charge in [0.1, 0.15) is 0 Å². The minimum atomic E-state index is -0.189. The van der Waals surface area contributed by atoms with E-state index in [4.69, 9.17) is 0 Å². The number of hydrogen-bond acceptors (Lipinski definition) is 2. The van der Waals surface area contributed by atoms with Crippen molar-refractivity contribution in [2.45, 2.75) is 13.3 Å². The number of aromatic amines is 1. The van der Waals surface area contributed by atoms with Crippen LogP contribution >= 0.6 is 0 Å². The van der Waals surface area contributed by atoms with Crippen LogP contribution in [0.15, 0.2) is 34.8 Å². The van der Waals surface area contributed by atoms with E-state index in [0.717, 1.165) is 13.0 Å². The first-order valence-corrected chi connectivity index (χ1v) is 5.30. The molecule has 1 N–H and O–H groups in total. The molecule has 1 aromatic heterocycles. The summed E-state index contributed by atoms with van der Waals surface area (Å²) in [7, 11) is 0. The predicted octanol–water partition coefficient (Wildman–Crippen LogP) is 1.17. The van der Waals surface area contributed by atoms with Gasteiger partial charge in [-0.15, -0.1) is 0 Å². The largest absolute Gasteiger partial charge is 0.334 e. The zero-order valence-corrected chi connectivity index (χ0v) is 9.19. The molecule has 0 radical (unpaired) electrons. The number of nitrogens with one attached hydrogen (secondary N) is 1. The molecule has 4 nitrogen and oxygen atoms in total. The Hall–Kier alpha value is -1.84. The molecule has 0 spiro atoms. The minimum absolute atomic E-state index is 0.0244. The van der Waals surface area contributed by atoms with Crippen molar-refractivity contribution in [2.75, 3.05) is 13.1 Å². The standard InChI is InChI=1S/C12H14N2O2/c1-9-3-2-6-14(8-9)12(16)10-4-5-11(15)13-7-10/h3-5,7H,2,6,8H2,1H3,(H,13,15). The Morgan fingerprint density at radius 3 is 2.88 bits per heavy atom. The average molecular weight is 218 g/mol. The van der Waals surface area contributed by atoms with E-state index < -0.39 is 0 Å². The summed E-state index contributed by atoms with van der Waals surface area (Å²) in [5.74, 6) is -0.0244. The predicted molar refractivity (Wildman–Crippen MR) is 61.3 cm³/mol. The van der Waals surface area contributed by atoms with E-state index in [1.807, 2.05) is 6.92 Å². The van der Waals surface area contributed by atoms with Crippen molar-refractivity contribution in [3.8, 4) is 0 Å². The Morgan fingerprint density at radius 2 is 2.25 bits per heavy atom. The van der Waals surface area contributed by atoms with E-state index in [2.05, 4.69) is 11.1 Å². The zero-order chi connectivity index (χ0) is 11.5. The molecule has 0 aliphatic carbocycles. The molecule has 0 saturated carbocycles. The molecule has 2 rings (SSSR count). The Labute approximate surface area is 93.6 Å². The van der Waals surface area contributed by atoms with E-state index in [1.165, 1.54) is 17.8 Å². The van der Waals surface area contributed by atoms with E-state index in [-0.39, 0.29) is 11.5 Å². The fraction of sp³-hybridized carbons (Fsp3) is 0.333. The fourth-order valence-corrected chi connectivity index (χ4v) is 1.81. The first-order valence-electron chi connectivity index (χ1n) is 5.30. The second-order valence-electron chi connectivity index (χ2n) is 4.01. The number of hydrogen-bond donors (Lipinski definition) is 1. The van der Waals surface area contributed by atoms with Crippen molar-refractivity contribution in [1.29, 1.82) is 0 Å². The highest BCUT2D eigenvalue weighted by Gasteiger charge is 2.17. The third-order valence-electron chi connectivity index (χ3n) is 2.65. The first kappa shape index (κ1) is 10.7. The molecule has 4 heteroatoms. The van der Waals surface area contributed by atoms with Crippen LogP contribution in [-0.2, 0) is 0 Å². The van der Waals surface area contributed by atoms with Crippen LogP contribution in [0.25, 0.3) is 0 Å². The van der Waals surface area contributed by atoms with Crippen molar-refractivity contribution in [3.05, 3.63) is 45.9 Å². The highest BCUT2D eigenvalue weighted by Crippen LogP contribution is 2.11. The molecule has 1 aliphatic rings. The maximum Gasteiger partial charge on any atom is 0.255 e. The summed E-state index contributed by atoms with van der Waals surface area (Å²) in [6.07, 6.45) is 4.52. The van der Waals surface area contributed by atoms with E-state index in [0.29, 0.717) is 12.1 Å². The van der Waals surface area contributed by atoms with Crippen LogP contribution in [0, 0.1) is 0 Å². The lowest BCUT2D eigenvalue weighted by Crippen LogP contribution is -2.35. The Morgan fingerprint density at radius 1 is 1.44 bits per heavy atom. The van der Waals surface area contributed by atoms with Crippen molar-refractivity contribution >= 4 is 5.91 Å². The number of carbonyl (C=O) groups excluding carboxylic acids is 1. The lowest BCUT2D eigenvalue weighted by atomic mass is 10.1. The molecular weight excluding hydrogens is 204 g/mol. The molecule has 0 fully saturated rings. The summed E-state index contributed by atoms with van der Waals surface area (Å²) >= 11 is 0. The summed E-state index contributed by atoms with van der Waals surface area (Å²) in [4.78, 5) is 27.2. The second kappa shape index (κ2) is 4.35. The number of pyridine rings is 1. The van der Waals surface area contributed by atoms with Gasteiger partial charge in [0.2, 0.25) is 5.56 Å². The van der Waals surface area contributed by atoms with Gasteiger partial charge in [-0.05, 0) is 19.4 Å². The smallest absolute Gasteiger partial charge is 0.255 e. The van der Waals surface area contributed by atoms with Gasteiger partial charge in [0.15, 0.2) is 0 Å². The zero-order valence-electron chi connectivity index (χ0n) is 9.19. The summed E-state index contributed by atoms with van der Waals surface area (Å²) in [6.45, 7) is 3.44. The van der Waals surface area contributed by atoms with Crippen LogP contribution in [0.2, 0.25) is 0 Å². The van der Waals surface area contributed by atoms with Crippen molar-refractivity contribution in [2.24, 2.45) is 0 Å². The molecule has 0 unspecified atom stereocenters. The summed E-state index contributed by atoms with van der Waals surface area (Å²) < 4.78 is 0. The van der Waals surface area contributed by atoms with E-state index in [9.17, 15) is 9.59 Å². The average Bonchev–Trinajstić information content (AvgIpc) is 2.29. The van der Waals surface area contributed by atoms with Gasteiger partial charge in [-0.3, -0.25) is 9.59 Å². The molecule has 2 heterocycles. The van der Waals surface area contributed by atoms with Gasteiger partial charge in [-0.1, -0.05) is 11.6 Å². The number of amides is 1. The summed E-state index contributed by atoms with van der Waals surface area (Å²) in [5.41, 5.74) is 1.56. The molecule has 0 saturated heterocycles. The lowest BCUT2D eigenvalue weighted by molar-refractivity contribution is 0.0765. The van der Waals surface area contributed by atoms with Crippen molar-refractivity contribution in [3.63, 3.8) is 0 Å². The molecule has 0 bridgehead atoms. The van der Waals surface area contributed by atoms with Crippen molar-refractivity contribution in [1.82, 2.24) is 9.88 Å². The number of nitrogens with zero attached hydrogens (tertiary/aromatic N) is 1. The minimum Gasteiger partial charge on any atom is -0.334 e. The Balaban J connectivity index is 2.16. The highest BCUT2D eigenvalue weighted by molar-refractivity contribution is 5.94. The number of carbonyl (C=O) groups is 1. The number of H-pyrrole nitrogens is 1. The Kier molecular flexibility index (Phi) is 2.90. The van der Waals surface area contributed by atoms with Crippen LogP contribution < -0.4 is 5.56 Å². The number of aromatic nitrogens is 1. The third kappa shape index (κ3) is 2.21. The second-order valence-corrected chi connectivity index (χ2v) is 4.01. The van der Waals surface area contributed by atoms with Crippen LogP contribution in [0.1, 0.15) is 23.7 Å². The Bertz CT molecular complexity index is 468. The van der Waals surface area contributed by atoms with E-state index in [1.54, 1.807) is 11.0 Å². The number of rotatable bonds is 1. The van der Waals surface area contributed by atoms with Gasteiger partial charge in [-0.2, -0.15) is 0 Å². The summed E-state index contributed by atoms with van der Waals surface area (Å²) in [5, 5.41) is 0. The first-order chi connectivity index (χ1) is 7.66. The normalized spacial score (nSPS) is 15.8. The van der Waals surface area contributed by atoms with Crippen LogP contribution in [0.3, 0.4) is 0 Å². The molecule has 1 aromatic rings. The van der Waals surface area contributed by atoms with Crippen LogP contribution in [-0.4, -0.2) is 28.9 Å². The molecule has 16 heavy (non-hydrogen) atoms. The SMILES string of the molecule is CC1=CCCN(C(=O)c2ccc(=O)[nH]c2)C1. The molecule has 1 amide bonds. The highest BCUT2D eigenvalue weighted by atomic mass is 16.2. The molecule has 1 aliphatic heterocycles. The van der Waals surface area contributed by atoms with Gasteiger partial charge in [0, 0.05) is 25.4 Å². The molecule has 84 valence electrons. The molecule has 0 atom stereocenters. The summed E-state index contributed by atoms with van der Waals surface area (Å²) in [6, 6.07) is 2.94. The van der Waals surface area contributed by atoms with Crippen molar-refractivity contribution < 1.29 is 4.79 Å². The maximum absolute atomic E-state index is 12.0. The quantitative estimate of drug-likeness (QED) is 0.719. The van der Waals surface area contributed by atoms with Gasteiger partial charge in [0.25, 0.3) is 5.91 Å². The molecular formula is C12H14N2O2. The van der Waals surface area contributed by atoms with Gasteiger partial charge in [-0.25, -0.2) is 0 Å². The third-order valence-corrected chi connectivity index (χ3v) is 2.65. The van der Waals surface area contributed by atoms with Crippen LogP contribution in [0.5, 0.6) is 0 Å². The van der Waals surface area contributed by atoms with E-state index >= 15 is 0 Å². The lowest BCUT2D eigenvalue weighted by Gasteiger charge is -2.26.